The van der Waals surface area contributed by atoms with Crippen LogP contribution in [-0.4, -0.2) is 18.7 Å². The van der Waals surface area contributed by atoms with Gasteiger partial charge in [-0.2, -0.15) is 18.2 Å². The van der Waals surface area contributed by atoms with Crippen LogP contribution in [-0.2, 0) is 53.6 Å². The molecule has 5 heterocycles. The Morgan fingerprint density at radius 3 is 1.74 bits per heavy atom. The minimum atomic E-state index is -4.56. The van der Waals surface area contributed by atoms with Gasteiger partial charge in [-0.1, -0.05) is 217 Å². The first-order valence-corrected chi connectivity index (χ1v) is 32.9. The molecule has 17 rings (SSSR count). The van der Waals surface area contributed by atoms with E-state index >= 15 is 0 Å². The van der Waals surface area contributed by atoms with Crippen molar-refractivity contribution in [3.8, 4) is 78.9 Å². The second-order valence-electron chi connectivity index (χ2n) is 29.8. The molecule has 0 fully saturated rings. The fourth-order valence-corrected chi connectivity index (χ4v) is 15.1. The summed E-state index contributed by atoms with van der Waals surface area (Å²) in [5.41, 5.74) is 0.0927. The van der Waals surface area contributed by atoms with E-state index in [4.69, 9.17) is 17.9 Å². The summed E-state index contributed by atoms with van der Waals surface area (Å²) < 4.78 is 196. The van der Waals surface area contributed by atoms with Gasteiger partial charge in [0.1, 0.15) is 5.82 Å². The number of nitrogens with zero attached hydrogens (tertiary/aromatic N) is 5. The number of imidazole rings is 1. The number of aromatic nitrogens is 5. The molecule has 2 aliphatic carbocycles. The molecule has 3 aliphatic rings. The number of para-hydroxylation sites is 3. The molecular formula is C90H83N5OPt-2. The molecule has 0 amide bonds. The second-order valence-corrected chi connectivity index (χ2v) is 29.8. The minimum absolute atomic E-state index is 0. The van der Waals surface area contributed by atoms with Crippen molar-refractivity contribution < 1.29 is 56.4 Å². The van der Waals surface area contributed by atoms with E-state index in [9.17, 15) is 17.8 Å². The summed E-state index contributed by atoms with van der Waals surface area (Å²) in [5.74, 6) is 1.21. The van der Waals surface area contributed by atoms with Gasteiger partial charge in [0.2, 0.25) is 0 Å². The van der Waals surface area contributed by atoms with Gasteiger partial charge in [0.15, 0.2) is 0 Å². The molecule has 0 N–H and O–H groups in total. The Balaban J connectivity index is 0.0000101. The molecular weight excluding hydrogens is 1360 g/mol. The molecule has 14 aromatic rings. The molecule has 1 aliphatic heterocycles. The Morgan fingerprint density at radius 2 is 1.09 bits per heavy atom. The van der Waals surface area contributed by atoms with Crippen molar-refractivity contribution in [2.45, 2.75) is 155 Å². The van der Waals surface area contributed by atoms with Gasteiger partial charge in [-0.3, -0.25) is 4.57 Å². The third kappa shape index (κ3) is 9.95. The van der Waals surface area contributed by atoms with Crippen molar-refractivity contribution in [2.75, 3.05) is 0 Å². The standard InChI is InChI=1S/C90H83N5O.Pt/c1-85(2,3)57-38-43-91-82(49-57)95-78-33-22-19-30-66(78)67-36-35-61(51-79(67)95)96-60-25-23-24-59(50-60)92-54-93-83-70(44-56(46-80(83)92)55-34-37-72-73(45-55)88(9,10)40-39-87(72,7)8)63-27-16-15-26-62(63)68-52-74-75(90(13,14)42-41-89(74,11)12)53-69(68)71-47-58(86(4,5)6)48-81(84(71)93)94-76-31-20-17-28-64(76)65-29-18-21-32-77(65)94;/h15-38,43-49,52-53H,39-42H2,1-14H3;/q-2;/i7D3,8D3,9D3,10D3,34D,37D,39D2,40D2,45D;. The van der Waals surface area contributed by atoms with Crippen LogP contribution in [0.15, 0.2) is 200 Å². The van der Waals surface area contributed by atoms with Gasteiger partial charge in [-0.15, -0.1) is 29.7 Å². The number of rotatable bonds is 6. The zero-order chi connectivity index (χ0) is 82.5. The molecule has 6 nitrogen and oxygen atoms in total. The van der Waals surface area contributed by atoms with E-state index in [-0.39, 0.29) is 54.1 Å². The predicted molar refractivity (Wildman–Crippen MR) is 398 cm³/mol. The van der Waals surface area contributed by atoms with Gasteiger partial charge in [0, 0.05) is 77.0 Å². The Bertz CT molecular complexity index is 6410. The topological polar surface area (TPSA) is 40.8 Å². The third-order valence-corrected chi connectivity index (χ3v) is 20.4. The van der Waals surface area contributed by atoms with Gasteiger partial charge in [-0.05, 0) is 196 Å². The summed E-state index contributed by atoms with van der Waals surface area (Å²) in [6.07, 6.45) is -1.65. The van der Waals surface area contributed by atoms with Gasteiger partial charge in [0.05, 0.1) is 37.6 Å². The minimum Gasteiger partial charge on any atom is -0.510 e. The monoisotopic (exact) mass is 1460 g/mol. The largest absolute Gasteiger partial charge is 0.510 e. The zero-order valence-corrected chi connectivity index (χ0v) is 58.0. The first-order chi connectivity index (χ1) is 53.6. The van der Waals surface area contributed by atoms with Crippen LogP contribution in [0, 0.1) is 18.5 Å². The van der Waals surface area contributed by atoms with Crippen LogP contribution >= 0.6 is 0 Å². The SMILES string of the molecule is [2H]c1c([2H])c2c(c([2H])c1-c1cc3c4c(c1)n(-c1[c-]c(Oc5[c-]c6c(cc5)c5ccccc5n6-c5cc(C(C)(C)C)ccn5)ccc1)[c-][n+]4-c1c(cc(C(C)(C)C)cc1-n1c4ccccc4c4ccccc41)-c1cc4c(cc1-c1ccccc1-3)C(C)(C)CCC4(C)C)C(C([2H])([2H])[2H])(C([2H])([2H])[2H])C([2H])([2H])C([2H])([2H])C2(C([2H])([2H])[2H])C([2H])([2H])[2H].[Pt]. The van der Waals surface area contributed by atoms with E-state index in [1.54, 1.807) is 41.1 Å². The van der Waals surface area contributed by atoms with Gasteiger partial charge < -0.3 is 18.4 Å². The first-order valence-electron chi connectivity index (χ1n) is 42.4. The van der Waals surface area contributed by atoms with Crippen LogP contribution in [0.5, 0.6) is 11.5 Å². The number of ether oxygens (including phenoxy) is 1. The van der Waals surface area contributed by atoms with E-state index in [2.05, 4.69) is 157 Å². The van der Waals surface area contributed by atoms with Gasteiger partial charge >= 0.3 is 0 Å². The van der Waals surface area contributed by atoms with E-state index in [1.807, 2.05) is 89.5 Å². The van der Waals surface area contributed by atoms with Crippen LogP contribution in [0.2, 0.25) is 0 Å². The van der Waals surface area contributed by atoms with Crippen molar-refractivity contribution in [1.29, 1.82) is 0 Å². The molecule has 0 bridgehead atoms. The van der Waals surface area contributed by atoms with Crippen molar-refractivity contribution in [2.24, 2.45) is 0 Å². The fourth-order valence-electron chi connectivity index (χ4n) is 15.1. The molecule has 0 saturated carbocycles. The number of pyridine rings is 1. The van der Waals surface area contributed by atoms with Gasteiger partial charge in [0.25, 0.3) is 6.33 Å². The molecule has 0 unspecified atom stereocenters. The number of hydrogen-bond acceptors (Lipinski definition) is 2. The molecule has 97 heavy (non-hydrogen) atoms. The van der Waals surface area contributed by atoms with E-state index < -0.39 is 91.2 Å². The quantitative estimate of drug-likeness (QED) is 0.123. The van der Waals surface area contributed by atoms with Crippen LogP contribution in [0.3, 0.4) is 0 Å². The van der Waals surface area contributed by atoms with Crippen molar-refractivity contribution in [3.63, 3.8) is 0 Å². The van der Waals surface area contributed by atoms with Crippen LogP contribution in [0.25, 0.3) is 122 Å². The Hall–Kier alpha value is -9.09. The molecule has 0 spiro atoms. The molecule has 4 aromatic heterocycles. The Kier molecular flexibility index (Phi) is 10.1. The first kappa shape index (κ1) is 44.7. The maximum atomic E-state index is 10.7. The summed E-state index contributed by atoms with van der Waals surface area (Å²) in [6.45, 7) is 4.98. The van der Waals surface area contributed by atoms with Gasteiger partial charge in [-0.25, -0.2) is 4.98 Å². The van der Waals surface area contributed by atoms with E-state index in [1.165, 1.54) is 0 Å². The van der Waals surface area contributed by atoms with E-state index in [0.29, 0.717) is 50.7 Å². The van der Waals surface area contributed by atoms with Crippen LogP contribution in [0.1, 0.15) is 182 Å². The molecule has 0 atom stereocenters. The van der Waals surface area contributed by atoms with Crippen LogP contribution < -0.4 is 9.30 Å². The maximum Gasteiger partial charge on any atom is 0.268 e. The number of hydrogen-bond donors (Lipinski definition) is 0. The molecule has 0 radical (unpaired) electrons. The normalized spacial score (nSPS) is 20.2. The summed E-state index contributed by atoms with van der Waals surface area (Å²) in [7, 11) is 0. The maximum absolute atomic E-state index is 10.7. The Morgan fingerprint density at radius 1 is 0.505 bits per heavy atom. The summed E-state index contributed by atoms with van der Waals surface area (Å²) in [6, 6.07) is 61.1. The zero-order valence-electron chi connectivity index (χ0n) is 74.7. The van der Waals surface area contributed by atoms with Crippen LogP contribution in [0.4, 0.5) is 0 Å². The number of fused-ring (bicyclic) bond motifs is 15. The predicted octanol–water partition coefficient (Wildman–Crippen LogP) is 23.0. The van der Waals surface area contributed by atoms with Crippen molar-refractivity contribution >= 4 is 54.6 Å². The molecule has 0 saturated heterocycles. The average molecular weight is 1460 g/mol. The van der Waals surface area contributed by atoms with Crippen molar-refractivity contribution in [3.05, 3.63) is 252 Å². The molecule has 10 aromatic carbocycles. The van der Waals surface area contributed by atoms with Crippen molar-refractivity contribution in [1.82, 2.24) is 18.7 Å². The summed E-state index contributed by atoms with van der Waals surface area (Å²) in [4.78, 5) is 4.90. The summed E-state index contributed by atoms with van der Waals surface area (Å²) >= 11 is 0. The third-order valence-electron chi connectivity index (χ3n) is 20.4. The average Bonchev–Trinajstić information content (AvgIpc) is 0.806. The number of benzene rings is 10. The Labute approximate surface area is 612 Å². The summed E-state index contributed by atoms with van der Waals surface area (Å²) in [5, 5.41) is 3.83. The molecule has 486 valence electrons. The second kappa shape index (κ2) is 22.0. The molecule has 7 heteroatoms. The van der Waals surface area contributed by atoms with E-state index in [0.717, 1.165) is 95.6 Å². The fraction of sp³-hybridized carbons (Fsp3) is 0.267. The smallest absolute Gasteiger partial charge is 0.268 e.